The lowest BCUT2D eigenvalue weighted by Crippen LogP contribution is -2.04. The molecule has 0 bridgehead atoms. The fourth-order valence-electron chi connectivity index (χ4n) is 3.68. The molecule has 0 saturated carbocycles. The highest BCUT2D eigenvalue weighted by Gasteiger charge is 2.18. The quantitative estimate of drug-likeness (QED) is 0.394. The Morgan fingerprint density at radius 1 is 1.03 bits per heavy atom. The molecule has 0 unspecified atom stereocenters. The molecule has 33 heavy (non-hydrogen) atoms. The molecule has 0 spiro atoms. The van der Waals surface area contributed by atoms with E-state index >= 15 is 0 Å². The largest absolute Gasteiger partial charge is 0.491 e. The number of fused-ring (bicyclic) bond motifs is 1. The molecule has 2 aromatic carbocycles. The van der Waals surface area contributed by atoms with Gasteiger partial charge < -0.3 is 10.1 Å². The number of nitrogens with one attached hydrogen (secondary N) is 1. The van der Waals surface area contributed by atoms with E-state index in [0.29, 0.717) is 35.2 Å². The molecule has 3 heterocycles. The summed E-state index contributed by atoms with van der Waals surface area (Å²) in [6.45, 7) is 2.22. The third-order valence-electron chi connectivity index (χ3n) is 5.28. The van der Waals surface area contributed by atoms with Crippen molar-refractivity contribution in [2.75, 3.05) is 12.4 Å². The van der Waals surface area contributed by atoms with E-state index in [-0.39, 0.29) is 5.82 Å². The van der Waals surface area contributed by atoms with E-state index in [9.17, 15) is 4.39 Å². The lowest BCUT2D eigenvalue weighted by molar-refractivity contribution is 0.413. The van der Waals surface area contributed by atoms with Crippen molar-refractivity contribution in [3.8, 4) is 17.3 Å². The number of hydrogen-bond donors (Lipinski definition) is 1. The molecule has 0 fully saturated rings. The molecule has 0 saturated heterocycles. The van der Waals surface area contributed by atoms with Crippen molar-refractivity contribution in [3.05, 3.63) is 90.1 Å². The standard InChI is InChI=1S/C25H21FN6O/c1-16-13-18(11-12-27-16)29-24-22(33-2)14-28-25(30-24)23-19-8-4-6-10-21(19)32(31-23)15-17-7-3-5-9-20(17)26/h3-14H,15H2,1-2H3,(H,27,28,29,30). The van der Waals surface area contributed by atoms with Crippen LogP contribution in [-0.2, 0) is 6.54 Å². The topological polar surface area (TPSA) is 77.8 Å². The van der Waals surface area contributed by atoms with Gasteiger partial charge in [-0.25, -0.2) is 14.4 Å². The summed E-state index contributed by atoms with van der Waals surface area (Å²) in [5, 5.41) is 8.92. The van der Waals surface area contributed by atoms with Crippen LogP contribution in [0.2, 0.25) is 0 Å². The summed E-state index contributed by atoms with van der Waals surface area (Å²) < 4.78 is 21.5. The van der Waals surface area contributed by atoms with E-state index in [0.717, 1.165) is 22.3 Å². The number of hydrogen-bond acceptors (Lipinski definition) is 6. The molecule has 7 nitrogen and oxygen atoms in total. The van der Waals surface area contributed by atoms with Crippen LogP contribution in [0.5, 0.6) is 5.75 Å². The highest BCUT2D eigenvalue weighted by atomic mass is 19.1. The Hall–Kier alpha value is -4.33. The lowest BCUT2D eigenvalue weighted by atomic mass is 10.2. The van der Waals surface area contributed by atoms with Crippen LogP contribution in [-0.4, -0.2) is 31.8 Å². The number of aromatic nitrogens is 5. The lowest BCUT2D eigenvalue weighted by Gasteiger charge is -2.11. The van der Waals surface area contributed by atoms with E-state index in [2.05, 4.69) is 15.3 Å². The average molecular weight is 440 g/mol. The van der Waals surface area contributed by atoms with Gasteiger partial charge in [0.2, 0.25) is 0 Å². The summed E-state index contributed by atoms with van der Waals surface area (Å²) in [5.41, 5.74) is 3.75. The van der Waals surface area contributed by atoms with Crippen LogP contribution in [0.1, 0.15) is 11.3 Å². The summed E-state index contributed by atoms with van der Waals surface area (Å²) in [7, 11) is 1.57. The Bertz CT molecular complexity index is 1450. The number of halogens is 1. The minimum Gasteiger partial charge on any atom is -0.491 e. The van der Waals surface area contributed by atoms with Gasteiger partial charge in [-0.05, 0) is 31.2 Å². The van der Waals surface area contributed by atoms with Crippen molar-refractivity contribution in [3.63, 3.8) is 0 Å². The van der Waals surface area contributed by atoms with E-state index in [1.807, 2.05) is 49.4 Å². The second-order valence-corrected chi connectivity index (χ2v) is 7.54. The molecule has 0 amide bonds. The fourth-order valence-corrected chi connectivity index (χ4v) is 3.68. The summed E-state index contributed by atoms with van der Waals surface area (Å²) in [6.07, 6.45) is 3.34. The van der Waals surface area contributed by atoms with Gasteiger partial charge in [0.15, 0.2) is 17.4 Å². The predicted octanol–water partition coefficient (Wildman–Crippen LogP) is 5.14. The highest BCUT2D eigenvalue weighted by Crippen LogP contribution is 2.31. The van der Waals surface area contributed by atoms with Crippen LogP contribution in [0, 0.1) is 12.7 Å². The van der Waals surface area contributed by atoms with E-state index < -0.39 is 0 Å². The van der Waals surface area contributed by atoms with E-state index in [1.54, 1.807) is 36.3 Å². The third-order valence-corrected chi connectivity index (χ3v) is 5.28. The molecule has 5 aromatic rings. The number of pyridine rings is 1. The summed E-state index contributed by atoms with van der Waals surface area (Å²) in [4.78, 5) is 13.4. The first-order valence-corrected chi connectivity index (χ1v) is 10.4. The van der Waals surface area contributed by atoms with Crippen molar-refractivity contribution in [1.82, 2.24) is 24.7 Å². The van der Waals surface area contributed by atoms with Crippen molar-refractivity contribution in [2.45, 2.75) is 13.5 Å². The van der Waals surface area contributed by atoms with Gasteiger partial charge in [-0.15, -0.1) is 0 Å². The van der Waals surface area contributed by atoms with Gasteiger partial charge in [0.25, 0.3) is 0 Å². The minimum atomic E-state index is -0.265. The normalized spacial score (nSPS) is 11.0. The SMILES string of the molecule is COc1cnc(-c2nn(Cc3ccccc3F)c3ccccc23)nc1Nc1ccnc(C)c1. The second-order valence-electron chi connectivity index (χ2n) is 7.54. The molecule has 0 radical (unpaired) electrons. The zero-order valence-electron chi connectivity index (χ0n) is 18.2. The monoisotopic (exact) mass is 440 g/mol. The summed E-state index contributed by atoms with van der Waals surface area (Å²) in [6, 6.07) is 18.2. The Balaban J connectivity index is 1.58. The number of ether oxygens (including phenoxy) is 1. The number of anilines is 2. The minimum absolute atomic E-state index is 0.265. The number of benzene rings is 2. The third kappa shape index (κ3) is 4.10. The number of nitrogens with zero attached hydrogens (tertiary/aromatic N) is 5. The number of para-hydroxylation sites is 1. The van der Waals surface area contributed by atoms with Gasteiger partial charge in [-0.1, -0.05) is 36.4 Å². The average Bonchev–Trinajstić information content (AvgIpc) is 3.19. The molecule has 0 aliphatic carbocycles. The van der Waals surface area contributed by atoms with Crippen LogP contribution in [0.15, 0.2) is 73.1 Å². The van der Waals surface area contributed by atoms with Crippen molar-refractivity contribution >= 4 is 22.4 Å². The van der Waals surface area contributed by atoms with Crippen LogP contribution >= 0.6 is 0 Å². The molecule has 0 aliphatic rings. The second kappa shape index (κ2) is 8.66. The van der Waals surface area contributed by atoms with Crippen LogP contribution in [0.4, 0.5) is 15.9 Å². The van der Waals surface area contributed by atoms with Gasteiger partial charge in [-0.2, -0.15) is 5.10 Å². The molecule has 5 rings (SSSR count). The van der Waals surface area contributed by atoms with Crippen molar-refractivity contribution < 1.29 is 9.13 Å². The Morgan fingerprint density at radius 3 is 2.67 bits per heavy atom. The van der Waals surface area contributed by atoms with Gasteiger partial charge in [0.05, 0.1) is 25.4 Å². The Kier molecular flexibility index (Phi) is 5.40. The molecule has 0 atom stereocenters. The van der Waals surface area contributed by atoms with E-state index in [4.69, 9.17) is 14.8 Å². The summed E-state index contributed by atoms with van der Waals surface area (Å²) >= 11 is 0. The predicted molar refractivity (Wildman–Crippen MR) is 125 cm³/mol. The van der Waals surface area contributed by atoms with Crippen molar-refractivity contribution in [2.24, 2.45) is 0 Å². The Labute approximate surface area is 189 Å². The van der Waals surface area contributed by atoms with Crippen LogP contribution in [0.3, 0.4) is 0 Å². The zero-order valence-corrected chi connectivity index (χ0v) is 18.2. The number of aryl methyl sites for hydroxylation is 1. The van der Waals surface area contributed by atoms with E-state index in [1.165, 1.54) is 6.07 Å². The smallest absolute Gasteiger partial charge is 0.183 e. The highest BCUT2D eigenvalue weighted by molar-refractivity contribution is 5.92. The van der Waals surface area contributed by atoms with Gasteiger partial charge in [0, 0.05) is 28.5 Å². The van der Waals surface area contributed by atoms with Crippen LogP contribution in [0.25, 0.3) is 22.4 Å². The fraction of sp³-hybridized carbons (Fsp3) is 0.120. The first-order valence-electron chi connectivity index (χ1n) is 10.4. The van der Waals surface area contributed by atoms with Gasteiger partial charge in [-0.3, -0.25) is 9.67 Å². The Morgan fingerprint density at radius 2 is 1.85 bits per heavy atom. The zero-order chi connectivity index (χ0) is 22.8. The maximum Gasteiger partial charge on any atom is 0.183 e. The molecule has 164 valence electrons. The van der Waals surface area contributed by atoms with Crippen molar-refractivity contribution in [1.29, 1.82) is 0 Å². The van der Waals surface area contributed by atoms with Gasteiger partial charge >= 0.3 is 0 Å². The molecular formula is C25H21FN6O. The number of rotatable bonds is 6. The molecule has 1 N–H and O–H groups in total. The summed E-state index contributed by atoms with van der Waals surface area (Å²) in [5.74, 6) is 1.19. The molecule has 0 aliphatic heterocycles. The van der Waals surface area contributed by atoms with Gasteiger partial charge in [0.1, 0.15) is 11.5 Å². The maximum absolute atomic E-state index is 14.3. The maximum atomic E-state index is 14.3. The number of methoxy groups -OCH3 is 1. The molecular weight excluding hydrogens is 419 g/mol. The van der Waals surface area contributed by atoms with Crippen LogP contribution < -0.4 is 10.1 Å². The first-order chi connectivity index (χ1) is 16.1. The first kappa shape index (κ1) is 20.6. The molecule has 3 aromatic heterocycles. The molecule has 8 heteroatoms.